The van der Waals surface area contributed by atoms with Gasteiger partial charge in [0.15, 0.2) is 0 Å². The van der Waals surface area contributed by atoms with Crippen molar-refractivity contribution < 1.29 is 9.90 Å². The number of rotatable bonds is 3. The number of hydrogen-bond acceptors (Lipinski definition) is 3. The molecule has 0 fully saturated rings. The van der Waals surface area contributed by atoms with Crippen LogP contribution in [-0.4, -0.2) is 26.9 Å². The number of aromatic nitrogens is 2. The minimum absolute atomic E-state index is 0.338. The molecule has 0 saturated carbocycles. The van der Waals surface area contributed by atoms with Crippen molar-refractivity contribution in [3.63, 3.8) is 0 Å². The van der Waals surface area contributed by atoms with Crippen LogP contribution >= 0.6 is 0 Å². The maximum absolute atomic E-state index is 10.8. The predicted molar refractivity (Wildman–Crippen MR) is 56.8 cm³/mol. The number of hydrogen-bond donors (Lipinski definition) is 2. The van der Waals surface area contributed by atoms with Crippen molar-refractivity contribution in [2.24, 2.45) is 5.73 Å². The van der Waals surface area contributed by atoms with Crippen LogP contribution in [0, 0.1) is 20.8 Å². The molecule has 1 rings (SSSR count). The minimum Gasteiger partial charge on any atom is -0.480 e. The van der Waals surface area contributed by atoms with Gasteiger partial charge < -0.3 is 10.8 Å². The number of nitrogens with two attached hydrogens (primary N) is 1. The van der Waals surface area contributed by atoms with Gasteiger partial charge in [0.2, 0.25) is 0 Å². The summed E-state index contributed by atoms with van der Waals surface area (Å²) in [7, 11) is 0. The molecule has 0 aromatic carbocycles. The van der Waals surface area contributed by atoms with E-state index in [2.05, 4.69) is 5.10 Å². The summed E-state index contributed by atoms with van der Waals surface area (Å²) in [5, 5.41) is 13.1. The lowest BCUT2D eigenvalue weighted by atomic mass is 10.1. The molecule has 1 aromatic rings. The van der Waals surface area contributed by atoms with Crippen molar-refractivity contribution in [1.82, 2.24) is 9.78 Å². The van der Waals surface area contributed by atoms with Crippen molar-refractivity contribution in [2.45, 2.75) is 39.8 Å². The molecule has 0 aliphatic heterocycles. The highest BCUT2D eigenvalue weighted by molar-refractivity contribution is 5.73. The maximum atomic E-state index is 10.8. The Morgan fingerprint density at radius 3 is 2.33 bits per heavy atom. The largest absolute Gasteiger partial charge is 0.480 e. The van der Waals surface area contributed by atoms with E-state index in [0.717, 1.165) is 17.0 Å². The second kappa shape index (κ2) is 4.02. The van der Waals surface area contributed by atoms with Gasteiger partial charge in [0, 0.05) is 5.69 Å². The fourth-order valence-corrected chi connectivity index (χ4v) is 1.50. The van der Waals surface area contributed by atoms with Crippen molar-refractivity contribution in [3.05, 3.63) is 17.0 Å². The quantitative estimate of drug-likeness (QED) is 0.774. The van der Waals surface area contributed by atoms with E-state index < -0.39 is 12.0 Å². The molecule has 0 radical (unpaired) electrons. The standard InChI is InChI=1S/C10H17N3O2/c1-5-6(2)12-13(7(5)3)8(4)9(11)10(14)15/h8-9H,11H2,1-4H3,(H,14,15). The first-order valence-corrected chi connectivity index (χ1v) is 4.87. The van der Waals surface area contributed by atoms with Gasteiger partial charge in [-0.1, -0.05) is 0 Å². The smallest absolute Gasteiger partial charge is 0.322 e. The van der Waals surface area contributed by atoms with Gasteiger partial charge in [0.25, 0.3) is 0 Å². The van der Waals surface area contributed by atoms with E-state index in [1.807, 2.05) is 20.8 Å². The van der Waals surface area contributed by atoms with E-state index in [9.17, 15) is 4.79 Å². The second-order valence-corrected chi connectivity index (χ2v) is 3.85. The van der Waals surface area contributed by atoms with Crippen LogP contribution in [0.4, 0.5) is 0 Å². The Morgan fingerprint density at radius 1 is 1.47 bits per heavy atom. The molecule has 0 bridgehead atoms. The summed E-state index contributed by atoms with van der Waals surface area (Å²) >= 11 is 0. The Bertz CT molecular complexity index is 384. The van der Waals surface area contributed by atoms with Crippen LogP contribution < -0.4 is 5.73 Å². The Balaban J connectivity index is 3.06. The van der Waals surface area contributed by atoms with Gasteiger partial charge in [-0.15, -0.1) is 0 Å². The zero-order valence-corrected chi connectivity index (χ0v) is 9.48. The van der Waals surface area contributed by atoms with Crippen molar-refractivity contribution >= 4 is 5.97 Å². The Labute approximate surface area is 88.9 Å². The maximum Gasteiger partial charge on any atom is 0.322 e. The highest BCUT2D eigenvalue weighted by Gasteiger charge is 2.24. The molecule has 2 atom stereocenters. The average Bonchev–Trinajstić information content (AvgIpc) is 2.43. The molecule has 84 valence electrons. The van der Waals surface area contributed by atoms with E-state index in [0.29, 0.717) is 0 Å². The first-order chi connectivity index (χ1) is 6.86. The molecule has 0 spiro atoms. The molecule has 0 amide bonds. The summed E-state index contributed by atoms with van der Waals surface area (Å²) in [5.41, 5.74) is 8.53. The van der Waals surface area contributed by atoms with Crippen LogP contribution in [0.1, 0.15) is 29.9 Å². The normalized spacial score (nSPS) is 15.0. The second-order valence-electron chi connectivity index (χ2n) is 3.85. The number of aryl methyl sites for hydroxylation is 1. The van der Waals surface area contributed by atoms with E-state index in [1.54, 1.807) is 11.6 Å². The molecule has 15 heavy (non-hydrogen) atoms. The summed E-state index contributed by atoms with van der Waals surface area (Å²) < 4.78 is 1.68. The number of carboxylic acid groups (broad SMARTS) is 1. The van der Waals surface area contributed by atoms with Gasteiger partial charge in [0.05, 0.1) is 11.7 Å². The predicted octanol–water partition coefficient (Wildman–Crippen LogP) is 0.781. The first-order valence-electron chi connectivity index (χ1n) is 4.87. The molecular formula is C10H17N3O2. The van der Waals surface area contributed by atoms with Crippen LogP contribution in [0.5, 0.6) is 0 Å². The molecule has 1 heterocycles. The molecular weight excluding hydrogens is 194 g/mol. The van der Waals surface area contributed by atoms with Gasteiger partial charge in [-0.3, -0.25) is 9.48 Å². The lowest BCUT2D eigenvalue weighted by Crippen LogP contribution is -2.38. The third kappa shape index (κ3) is 2.02. The third-order valence-electron chi connectivity index (χ3n) is 2.88. The molecule has 3 N–H and O–H groups in total. The fraction of sp³-hybridized carbons (Fsp3) is 0.600. The SMILES string of the molecule is Cc1nn(C(C)C(N)C(=O)O)c(C)c1C. The summed E-state index contributed by atoms with van der Waals surface area (Å²) in [5.74, 6) is -1.01. The monoisotopic (exact) mass is 211 g/mol. The first kappa shape index (κ1) is 11.7. The van der Waals surface area contributed by atoms with Crippen LogP contribution in [0.3, 0.4) is 0 Å². The highest BCUT2D eigenvalue weighted by Crippen LogP contribution is 2.17. The van der Waals surface area contributed by atoms with Crippen LogP contribution in [0.25, 0.3) is 0 Å². The topological polar surface area (TPSA) is 81.1 Å². The minimum atomic E-state index is -1.01. The number of carboxylic acids is 1. The molecule has 2 unspecified atom stereocenters. The van der Waals surface area contributed by atoms with E-state index in [1.165, 1.54) is 0 Å². The van der Waals surface area contributed by atoms with Gasteiger partial charge in [-0.2, -0.15) is 5.10 Å². The highest BCUT2D eigenvalue weighted by atomic mass is 16.4. The zero-order valence-electron chi connectivity index (χ0n) is 9.48. The Hall–Kier alpha value is -1.36. The van der Waals surface area contributed by atoms with Crippen LogP contribution in [0.15, 0.2) is 0 Å². The molecule has 1 aromatic heterocycles. The van der Waals surface area contributed by atoms with Crippen molar-refractivity contribution in [3.8, 4) is 0 Å². The van der Waals surface area contributed by atoms with Gasteiger partial charge in [-0.25, -0.2) is 0 Å². The van der Waals surface area contributed by atoms with E-state index in [4.69, 9.17) is 10.8 Å². The van der Waals surface area contributed by atoms with E-state index >= 15 is 0 Å². The molecule has 5 nitrogen and oxygen atoms in total. The third-order valence-corrected chi connectivity index (χ3v) is 2.88. The zero-order chi connectivity index (χ0) is 11.7. The Kier molecular flexibility index (Phi) is 3.14. The fourth-order valence-electron chi connectivity index (χ4n) is 1.50. The van der Waals surface area contributed by atoms with E-state index in [-0.39, 0.29) is 6.04 Å². The summed E-state index contributed by atoms with van der Waals surface area (Å²) in [6.45, 7) is 7.54. The van der Waals surface area contributed by atoms with Crippen LogP contribution in [0.2, 0.25) is 0 Å². The van der Waals surface area contributed by atoms with Gasteiger partial charge in [0.1, 0.15) is 6.04 Å². The summed E-state index contributed by atoms with van der Waals surface area (Å²) in [4.78, 5) is 10.8. The van der Waals surface area contributed by atoms with Crippen LogP contribution in [-0.2, 0) is 4.79 Å². The number of nitrogens with zero attached hydrogens (tertiary/aromatic N) is 2. The van der Waals surface area contributed by atoms with Crippen molar-refractivity contribution in [2.75, 3.05) is 0 Å². The number of aliphatic carboxylic acids is 1. The van der Waals surface area contributed by atoms with Gasteiger partial charge in [-0.05, 0) is 33.3 Å². The summed E-state index contributed by atoms with van der Waals surface area (Å²) in [6.07, 6.45) is 0. The number of carbonyl (C=O) groups is 1. The molecule has 5 heteroatoms. The molecule has 0 saturated heterocycles. The van der Waals surface area contributed by atoms with Gasteiger partial charge >= 0.3 is 5.97 Å². The molecule has 0 aliphatic rings. The lowest BCUT2D eigenvalue weighted by molar-refractivity contribution is -0.139. The lowest BCUT2D eigenvalue weighted by Gasteiger charge is -2.18. The summed E-state index contributed by atoms with van der Waals surface area (Å²) in [6, 6.07) is -1.27. The Morgan fingerprint density at radius 2 is 2.00 bits per heavy atom. The molecule has 0 aliphatic carbocycles. The average molecular weight is 211 g/mol. The van der Waals surface area contributed by atoms with Crippen molar-refractivity contribution in [1.29, 1.82) is 0 Å².